The van der Waals surface area contributed by atoms with Crippen LogP contribution in [-0.2, 0) is 21.2 Å². The van der Waals surface area contributed by atoms with Gasteiger partial charge in [-0.2, -0.15) is 0 Å². The molecule has 0 fully saturated rings. The zero-order valence-corrected chi connectivity index (χ0v) is 18.2. The molecule has 166 valence electrons. The lowest BCUT2D eigenvalue weighted by atomic mass is 10.1. The number of carbonyl (C=O) groups is 1. The summed E-state index contributed by atoms with van der Waals surface area (Å²) < 4.78 is 51.8. The van der Waals surface area contributed by atoms with Crippen LogP contribution in [0.5, 0.6) is 11.5 Å². The number of anilines is 2. The van der Waals surface area contributed by atoms with Gasteiger partial charge in [0.05, 0.1) is 27.7 Å². The fourth-order valence-electron chi connectivity index (χ4n) is 3.14. The van der Waals surface area contributed by atoms with E-state index in [-0.39, 0.29) is 28.6 Å². The molecule has 0 saturated heterocycles. The number of amides is 1. The highest BCUT2D eigenvalue weighted by Gasteiger charge is 2.19. The van der Waals surface area contributed by atoms with Crippen molar-refractivity contribution in [3.05, 3.63) is 77.1 Å². The number of rotatable bonds is 6. The predicted molar refractivity (Wildman–Crippen MR) is 118 cm³/mol. The average molecular weight is 477 g/mol. The van der Waals surface area contributed by atoms with Crippen molar-refractivity contribution in [2.45, 2.75) is 11.3 Å². The molecule has 3 aromatic carbocycles. The lowest BCUT2D eigenvalue weighted by Crippen LogP contribution is -2.19. The van der Waals surface area contributed by atoms with Gasteiger partial charge >= 0.3 is 0 Å². The summed E-state index contributed by atoms with van der Waals surface area (Å²) in [6, 6.07) is 14.1. The maximum atomic E-state index is 13.1. The maximum absolute atomic E-state index is 13.1. The molecule has 4 rings (SSSR count). The van der Waals surface area contributed by atoms with Crippen LogP contribution in [0, 0.1) is 5.82 Å². The van der Waals surface area contributed by atoms with Gasteiger partial charge < -0.3 is 14.8 Å². The molecule has 7 nitrogen and oxygen atoms in total. The molecule has 0 saturated carbocycles. The Labute approximate surface area is 189 Å². The minimum Gasteiger partial charge on any atom is -0.486 e. The first-order valence-electron chi connectivity index (χ1n) is 9.57. The van der Waals surface area contributed by atoms with Gasteiger partial charge in [0.25, 0.3) is 10.0 Å². The first kappa shape index (κ1) is 21.9. The minimum atomic E-state index is -3.98. The number of para-hydroxylation sites is 2. The molecule has 0 spiro atoms. The van der Waals surface area contributed by atoms with Gasteiger partial charge in [0.2, 0.25) is 5.91 Å². The first-order chi connectivity index (χ1) is 15.3. The Bertz CT molecular complexity index is 1270. The van der Waals surface area contributed by atoms with Crippen LogP contribution in [0.1, 0.15) is 5.56 Å². The SMILES string of the molecule is O=C(Cc1cc(Cl)c2c(c1)OCCO2)Nc1ccccc1NS(=O)(=O)c1ccc(F)cc1. The molecule has 0 radical (unpaired) electrons. The predicted octanol–water partition coefficient (Wildman–Crippen LogP) is 4.23. The number of hydrogen-bond donors (Lipinski definition) is 2. The summed E-state index contributed by atoms with van der Waals surface area (Å²) in [7, 11) is -3.98. The number of hydrogen-bond acceptors (Lipinski definition) is 5. The van der Waals surface area contributed by atoms with Crippen molar-refractivity contribution in [2.75, 3.05) is 23.3 Å². The highest BCUT2D eigenvalue weighted by molar-refractivity contribution is 7.92. The van der Waals surface area contributed by atoms with Crippen LogP contribution in [0.3, 0.4) is 0 Å². The molecule has 0 aliphatic carbocycles. The minimum absolute atomic E-state index is 0.0184. The summed E-state index contributed by atoms with van der Waals surface area (Å²) in [4.78, 5) is 12.5. The molecule has 32 heavy (non-hydrogen) atoms. The van der Waals surface area contributed by atoms with Gasteiger partial charge in [-0.25, -0.2) is 12.8 Å². The van der Waals surface area contributed by atoms with Crippen LogP contribution in [0.25, 0.3) is 0 Å². The lowest BCUT2D eigenvalue weighted by Gasteiger charge is -2.20. The third kappa shape index (κ3) is 4.95. The van der Waals surface area contributed by atoms with E-state index < -0.39 is 15.8 Å². The molecule has 0 unspecified atom stereocenters. The number of carbonyl (C=O) groups excluding carboxylic acids is 1. The van der Waals surface area contributed by atoms with E-state index in [9.17, 15) is 17.6 Å². The van der Waals surface area contributed by atoms with E-state index in [1.54, 1.807) is 30.3 Å². The molecular formula is C22H18ClFN2O5S. The molecule has 2 N–H and O–H groups in total. The normalized spacial score (nSPS) is 12.8. The number of ether oxygens (including phenoxy) is 2. The van der Waals surface area contributed by atoms with Crippen molar-refractivity contribution in [2.24, 2.45) is 0 Å². The van der Waals surface area contributed by atoms with Crippen molar-refractivity contribution in [1.82, 2.24) is 0 Å². The van der Waals surface area contributed by atoms with Crippen molar-refractivity contribution < 1.29 is 27.1 Å². The Morgan fingerprint density at radius 3 is 2.44 bits per heavy atom. The molecule has 1 aliphatic rings. The van der Waals surface area contributed by atoms with Gasteiger partial charge in [-0.3, -0.25) is 9.52 Å². The smallest absolute Gasteiger partial charge is 0.261 e. The van der Waals surface area contributed by atoms with Crippen LogP contribution in [0.15, 0.2) is 65.6 Å². The Kier molecular flexibility index (Phi) is 6.20. The largest absolute Gasteiger partial charge is 0.486 e. The van der Waals surface area contributed by atoms with Crippen molar-refractivity contribution >= 4 is 38.9 Å². The second-order valence-electron chi connectivity index (χ2n) is 6.93. The van der Waals surface area contributed by atoms with Gasteiger partial charge in [0, 0.05) is 0 Å². The van der Waals surface area contributed by atoms with Crippen LogP contribution < -0.4 is 19.5 Å². The molecule has 1 amide bonds. The summed E-state index contributed by atoms with van der Waals surface area (Å²) in [5.74, 6) is -0.0105. The molecule has 0 atom stereocenters. The topological polar surface area (TPSA) is 93.7 Å². The van der Waals surface area contributed by atoms with E-state index >= 15 is 0 Å². The number of nitrogens with one attached hydrogen (secondary N) is 2. The zero-order chi connectivity index (χ0) is 22.7. The Morgan fingerprint density at radius 1 is 1.00 bits per heavy atom. The number of sulfonamides is 1. The van der Waals surface area contributed by atoms with Crippen molar-refractivity contribution in [3.63, 3.8) is 0 Å². The Hall–Kier alpha value is -3.30. The maximum Gasteiger partial charge on any atom is 0.261 e. The third-order valence-corrected chi connectivity index (χ3v) is 6.25. The lowest BCUT2D eigenvalue weighted by molar-refractivity contribution is -0.115. The highest BCUT2D eigenvalue weighted by Crippen LogP contribution is 2.38. The molecule has 3 aromatic rings. The summed E-state index contributed by atoms with van der Waals surface area (Å²) in [5, 5.41) is 3.05. The van der Waals surface area contributed by atoms with E-state index in [4.69, 9.17) is 21.1 Å². The number of benzene rings is 3. The van der Waals surface area contributed by atoms with E-state index in [2.05, 4.69) is 10.0 Å². The second kappa shape index (κ2) is 9.05. The van der Waals surface area contributed by atoms with Crippen molar-refractivity contribution in [3.8, 4) is 11.5 Å². The van der Waals surface area contributed by atoms with Gasteiger partial charge in [0.1, 0.15) is 19.0 Å². The standard InChI is InChI=1S/C22H18ClFN2O5S/c23-17-11-14(12-20-22(17)31-10-9-30-20)13-21(27)25-18-3-1-2-4-19(18)26-32(28,29)16-7-5-15(24)6-8-16/h1-8,11-12,26H,9-10,13H2,(H,25,27). The molecule has 1 heterocycles. The molecule has 1 aliphatic heterocycles. The van der Waals surface area contributed by atoms with Crippen LogP contribution >= 0.6 is 11.6 Å². The highest BCUT2D eigenvalue weighted by atomic mass is 35.5. The van der Waals surface area contributed by atoms with Gasteiger partial charge in [0.15, 0.2) is 11.5 Å². The third-order valence-electron chi connectivity index (χ3n) is 4.59. The van der Waals surface area contributed by atoms with E-state index in [1.165, 1.54) is 6.07 Å². The second-order valence-corrected chi connectivity index (χ2v) is 9.02. The monoisotopic (exact) mass is 476 g/mol. The average Bonchev–Trinajstić information content (AvgIpc) is 2.75. The zero-order valence-electron chi connectivity index (χ0n) is 16.6. The fraction of sp³-hybridized carbons (Fsp3) is 0.136. The van der Waals surface area contributed by atoms with Gasteiger partial charge in [-0.1, -0.05) is 23.7 Å². The van der Waals surface area contributed by atoms with Crippen LogP contribution in [0.4, 0.5) is 15.8 Å². The van der Waals surface area contributed by atoms with E-state index in [0.717, 1.165) is 24.3 Å². The Balaban J connectivity index is 1.50. The molecule has 0 bridgehead atoms. The Morgan fingerprint density at radius 2 is 1.69 bits per heavy atom. The summed E-state index contributed by atoms with van der Waals surface area (Å²) in [6.45, 7) is 0.789. The first-order valence-corrected chi connectivity index (χ1v) is 11.4. The number of fused-ring (bicyclic) bond motifs is 1. The van der Waals surface area contributed by atoms with E-state index in [1.807, 2.05) is 0 Å². The van der Waals surface area contributed by atoms with Crippen molar-refractivity contribution in [1.29, 1.82) is 0 Å². The number of halogens is 2. The molecule has 10 heteroatoms. The van der Waals surface area contributed by atoms with Crippen LogP contribution in [-0.4, -0.2) is 27.5 Å². The molecular weight excluding hydrogens is 459 g/mol. The summed E-state index contributed by atoms with van der Waals surface area (Å²) >= 11 is 6.22. The fourth-order valence-corrected chi connectivity index (χ4v) is 4.51. The van der Waals surface area contributed by atoms with E-state index in [0.29, 0.717) is 35.3 Å². The summed E-state index contributed by atoms with van der Waals surface area (Å²) in [6.07, 6.45) is -0.0184. The van der Waals surface area contributed by atoms with Crippen LogP contribution in [0.2, 0.25) is 5.02 Å². The van der Waals surface area contributed by atoms with Gasteiger partial charge in [-0.05, 0) is 54.1 Å². The quantitative estimate of drug-likeness (QED) is 0.555. The summed E-state index contributed by atoms with van der Waals surface area (Å²) in [5.41, 5.74) is 1.05. The van der Waals surface area contributed by atoms with Gasteiger partial charge in [-0.15, -0.1) is 0 Å². The molecule has 0 aromatic heterocycles.